The summed E-state index contributed by atoms with van der Waals surface area (Å²) in [6, 6.07) is 6.99. The molecule has 0 aliphatic carbocycles. The fourth-order valence-corrected chi connectivity index (χ4v) is 1.32. The van der Waals surface area contributed by atoms with Crippen LogP contribution in [0.4, 0.5) is 0 Å². The maximum Gasteiger partial charge on any atom is 0.206 e. The molecule has 0 fully saturated rings. The highest BCUT2D eigenvalue weighted by Crippen LogP contribution is 2.10. The molecule has 0 radical (unpaired) electrons. The number of benzene rings is 1. The summed E-state index contributed by atoms with van der Waals surface area (Å²) < 4.78 is 5.47. The third-order valence-electron chi connectivity index (χ3n) is 2.16. The quantitative estimate of drug-likeness (QED) is 0.751. The van der Waals surface area contributed by atoms with Crippen molar-refractivity contribution in [2.45, 2.75) is 13.2 Å². The summed E-state index contributed by atoms with van der Waals surface area (Å²) in [7, 11) is 0. The molecule has 1 aromatic heterocycles. The monoisotopic (exact) mass is 220 g/mol. The van der Waals surface area contributed by atoms with E-state index in [0.29, 0.717) is 19.8 Å². The van der Waals surface area contributed by atoms with E-state index in [1.807, 2.05) is 12.1 Å². The van der Waals surface area contributed by atoms with E-state index in [1.165, 1.54) is 0 Å². The highest BCUT2D eigenvalue weighted by Gasteiger charge is 1.98. The van der Waals surface area contributed by atoms with Crippen LogP contribution in [-0.2, 0) is 17.9 Å². The minimum absolute atomic E-state index is 0.273. The van der Waals surface area contributed by atoms with E-state index in [4.69, 9.17) is 9.84 Å². The van der Waals surface area contributed by atoms with Crippen LogP contribution in [0.25, 0.3) is 0 Å². The SMILES string of the molecule is Oc1ccc(COCCn2ncc[nH+]2)cc1. The minimum atomic E-state index is 0.273. The molecule has 0 unspecified atom stereocenters. The van der Waals surface area contributed by atoms with Crippen LogP contribution >= 0.6 is 0 Å². The lowest BCUT2D eigenvalue weighted by molar-refractivity contribution is -0.497. The van der Waals surface area contributed by atoms with E-state index in [-0.39, 0.29) is 5.75 Å². The van der Waals surface area contributed by atoms with E-state index in [1.54, 1.807) is 29.3 Å². The van der Waals surface area contributed by atoms with Crippen LogP contribution in [0.3, 0.4) is 0 Å². The highest BCUT2D eigenvalue weighted by atomic mass is 16.5. The molecular weight excluding hydrogens is 206 g/mol. The van der Waals surface area contributed by atoms with Gasteiger partial charge < -0.3 is 9.84 Å². The van der Waals surface area contributed by atoms with Gasteiger partial charge in [-0.1, -0.05) is 12.1 Å². The second-order valence-electron chi connectivity index (χ2n) is 3.40. The van der Waals surface area contributed by atoms with Crippen molar-refractivity contribution >= 4 is 0 Å². The zero-order valence-electron chi connectivity index (χ0n) is 8.84. The second-order valence-corrected chi connectivity index (χ2v) is 3.40. The fourth-order valence-electron chi connectivity index (χ4n) is 1.32. The summed E-state index contributed by atoms with van der Waals surface area (Å²) in [6.45, 7) is 1.84. The molecule has 0 amide bonds. The van der Waals surface area contributed by atoms with Crippen molar-refractivity contribution in [2.75, 3.05) is 6.61 Å². The van der Waals surface area contributed by atoms with Crippen LogP contribution < -0.4 is 5.10 Å². The van der Waals surface area contributed by atoms with Crippen LogP contribution in [0.5, 0.6) is 5.75 Å². The number of nitrogens with one attached hydrogen (secondary N) is 1. The lowest BCUT2D eigenvalue weighted by atomic mass is 10.2. The summed E-state index contributed by atoms with van der Waals surface area (Å²) in [5.41, 5.74) is 1.04. The van der Waals surface area contributed by atoms with Gasteiger partial charge in [0.15, 0.2) is 6.20 Å². The maximum atomic E-state index is 9.10. The Hall–Kier alpha value is -1.88. The van der Waals surface area contributed by atoms with E-state index >= 15 is 0 Å². The molecule has 2 N–H and O–H groups in total. The number of hydrogen-bond donors (Lipinski definition) is 1. The highest BCUT2D eigenvalue weighted by molar-refractivity contribution is 5.25. The van der Waals surface area contributed by atoms with E-state index in [0.717, 1.165) is 5.56 Å². The minimum Gasteiger partial charge on any atom is -0.508 e. The van der Waals surface area contributed by atoms with Crippen molar-refractivity contribution in [3.8, 4) is 5.75 Å². The molecule has 5 heteroatoms. The summed E-state index contributed by atoms with van der Waals surface area (Å²) in [6.07, 6.45) is 3.46. The van der Waals surface area contributed by atoms with Gasteiger partial charge in [-0.15, -0.1) is 0 Å². The number of aromatic nitrogens is 3. The predicted molar refractivity (Wildman–Crippen MR) is 56.5 cm³/mol. The maximum absolute atomic E-state index is 9.10. The number of H-pyrrole nitrogens is 1. The van der Waals surface area contributed by atoms with Gasteiger partial charge in [0, 0.05) is 5.10 Å². The number of aromatic hydroxyl groups is 1. The number of ether oxygens (including phenoxy) is 1. The van der Waals surface area contributed by atoms with Gasteiger partial charge in [0.1, 0.15) is 12.3 Å². The second kappa shape index (κ2) is 5.27. The Morgan fingerprint density at radius 1 is 1.31 bits per heavy atom. The van der Waals surface area contributed by atoms with Gasteiger partial charge in [0.25, 0.3) is 0 Å². The van der Waals surface area contributed by atoms with Crippen molar-refractivity contribution in [1.29, 1.82) is 0 Å². The third kappa shape index (κ3) is 3.06. The van der Waals surface area contributed by atoms with Crippen molar-refractivity contribution in [2.24, 2.45) is 0 Å². The summed E-state index contributed by atoms with van der Waals surface area (Å²) in [5.74, 6) is 0.273. The Balaban J connectivity index is 1.70. The van der Waals surface area contributed by atoms with Crippen LogP contribution in [0.1, 0.15) is 5.56 Å². The number of rotatable bonds is 5. The van der Waals surface area contributed by atoms with Gasteiger partial charge in [0.05, 0.1) is 13.2 Å². The molecule has 0 spiro atoms. The Labute approximate surface area is 93.3 Å². The average Bonchev–Trinajstić information content (AvgIpc) is 2.80. The Kier molecular flexibility index (Phi) is 3.50. The first kappa shape index (κ1) is 10.6. The van der Waals surface area contributed by atoms with Gasteiger partial charge >= 0.3 is 0 Å². The van der Waals surface area contributed by atoms with Crippen molar-refractivity contribution in [3.05, 3.63) is 42.2 Å². The zero-order valence-corrected chi connectivity index (χ0v) is 8.84. The molecule has 2 rings (SSSR count). The first-order valence-corrected chi connectivity index (χ1v) is 5.10. The molecule has 1 heterocycles. The van der Waals surface area contributed by atoms with E-state index in [9.17, 15) is 0 Å². The molecule has 16 heavy (non-hydrogen) atoms. The Morgan fingerprint density at radius 3 is 2.81 bits per heavy atom. The van der Waals surface area contributed by atoms with Gasteiger partial charge in [-0.2, -0.15) is 5.10 Å². The topological polar surface area (TPSA) is 61.4 Å². The van der Waals surface area contributed by atoms with Crippen molar-refractivity contribution in [1.82, 2.24) is 9.90 Å². The standard InChI is InChI=1S/C11H13N3O2/c15-11-3-1-10(2-4-11)9-16-8-7-14-12-5-6-13-14/h1-6,15H,7-9H2/p+1. The van der Waals surface area contributed by atoms with Crippen molar-refractivity contribution < 1.29 is 14.9 Å². The molecule has 0 saturated carbocycles. The lowest BCUT2D eigenvalue weighted by Crippen LogP contribution is -2.21. The first-order chi connectivity index (χ1) is 7.84. The number of aromatic amines is 1. The summed E-state index contributed by atoms with van der Waals surface area (Å²) in [5, 5.41) is 16.1. The molecule has 0 saturated heterocycles. The molecule has 1 aromatic carbocycles. The van der Waals surface area contributed by atoms with Crippen LogP contribution in [0, 0.1) is 0 Å². The Bertz CT molecular complexity index is 411. The number of phenols is 1. The number of nitrogens with zero attached hydrogens (tertiary/aromatic N) is 2. The van der Waals surface area contributed by atoms with Crippen LogP contribution in [0.2, 0.25) is 0 Å². The van der Waals surface area contributed by atoms with E-state index < -0.39 is 0 Å². The molecule has 0 bridgehead atoms. The molecule has 0 aliphatic rings. The number of hydrogen-bond acceptors (Lipinski definition) is 3. The van der Waals surface area contributed by atoms with Crippen LogP contribution in [-0.4, -0.2) is 21.6 Å². The zero-order chi connectivity index (χ0) is 11.2. The van der Waals surface area contributed by atoms with Gasteiger partial charge in [0.2, 0.25) is 6.20 Å². The van der Waals surface area contributed by atoms with Crippen LogP contribution in [0.15, 0.2) is 36.7 Å². The predicted octanol–water partition coefficient (Wildman–Crippen LogP) is 0.620. The summed E-state index contributed by atoms with van der Waals surface area (Å²) in [4.78, 5) is 1.71. The largest absolute Gasteiger partial charge is 0.508 e. The molecule has 84 valence electrons. The van der Waals surface area contributed by atoms with Gasteiger partial charge in [-0.25, -0.2) is 0 Å². The smallest absolute Gasteiger partial charge is 0.206 e. The van der Waals surface area contributed by atoms with Gasteiger partial charge in [-0.05, 0) is 22.5 Å². The molecule has 0 aliphatic heterocycles. The molecule has 2 aromatic rings. The number of phenolic OH excluding ortho intramolecular Hbond substituents is 1. The lowest BCUT2D eigenvalue weighted by Gasteiger charge is -2.02. The first-order valence-electron chi connectivity index (χ1n) is 5.10. The average molecular weight is 220 g/mol. The Morgan fingerprint density at radius 2 is 2.12 bits per heavy atom. The van der Waals surface area contributed by atoms with Gasteiger partial charge in [-0.3, -0.25) is 0 Å². The molecular formula is C11H14N3O2+. The molecule has 5 nitrogen and oxygen atoms in total. The van der Waals surface area contributed by atoms with Crippen molar-refractivity contribution in [3.63, 3.8) is 0 Å². The fraction of sp³-hybridized carbons (Fsp3) is 0.273. The van der Waals surface area contributed by atoms with E-state index in [2.05, 4.69) is 10.2 Å². The molecule has 0 atom stereocenters. The normalized spacial score (nSPS) is 10.5. The third-order valence-corrected chi connectivity index (χ3v) is 2.16. The summed E-state index contributed by atoms with van der Waals surface area (Å²) >= 11 is 0.